The molecule has 0 aromatic carbocycles. The molecule has 0 bridgehead atoms. The van der Waals surface area contributed by atoms with E-state index in [0.29, 0.717) is 11.1 Å². The summed E-state index contributed by atoms with van der Waals surface area (Å²) < 4.78 is 4.97. The zero-order valence-corrected chi connectivity index (χ0v) is 8.47. The van der Waals surface area contributed by atoms with Crippen molar-refractivity contribution >= 4 is 11.9 Å². The fraction of sp³-hybridized carbons (Fsp3) is 0.400. The molecule has 0 aliphatic heterocycles. The Kier molecular flexibility index (Phi) is 4.07. The van der Waals surface area contributed by atoms with Gasteiger partial charge in [-0.25, -0.2) is 0 Å². The minimum absolute atomic E-state index is 0.126. The first-order valence-corrected chi connectivity index (χ1v) is 4.67. The van der Waals surface area contributed by atoms with E-state index in [9.17, 15) is 9.59 Å². The Morgan fingerprint density at radius 2 is 1.94 bits per heavy atom. The van der Waals surface area contributed by atoms with Crippen molar-refractivity contribution in [3.63, 3.8) is 0 Å². The van der Waals surface area contributed by atoms with Crippen LogP contribution in [0.3, 0.4) is 0 Å². The lowest BCUT2D eigenvalue weighted by Crippen LogP contribution is -2.05. The van der Waals surface area contributed by atoms with E-state index in [-0.39, 0.29) is 31.6 Å². The molecule has 16 heavy (non-hydrogen) atoms. The molecule has 0 radical (unpaired) electrons. The fourth-order valence-electron chi connectivity index (χ4n) is 1.44. The fourth-order valence-corrected chi connectivity index (χ4v) is 1.44. The summed E-state index contributed by atoms with van der Waals surface area (Å²) in [6.07, 6.45) is 1.04. The second-order valence-electron chi connectivity index (χ2n) is 3.29. The van der Waals surface area contributed by atoms with Crippen molar-refractivity contribution in [2.45, 2.75) is 25.9 Å². The molecule has 3 N–H and O–H groups in total. The normalized spacial score (nSPS) is 10.3. The van der Waals surface area contributed by atoms with Crippen LogP contribution in [0.2, 0.25) is 0 Å². The van der Waals surface area contributed by atoms with E-state index in [1.54, 1.807) is 0 Å². The largest absolute Gasteiger partial charge is 0.481 e. The van der Waals surface area contributed by atoms with E-state index in [1.807, 2.05) is 0 Å². The van der Waals surface area contributed by atoms with Gasteiger partial charge < -0.3 is 19.7 Å². The van der Waals surface area contributed by atoms with Gasteiger partial charge in [-0.3, -0.25) is 9.59 Å². The monoisotopic (exact) mass is 228 g/mol. The molecule has 1 rings (SSSR count). The number of carboxylic acid groups (broad SMARTS) is 2. The quantitative estimate of drug-likeness (QED) is 0.651. The smallest absolute Gasteiger partial charge is 0.307 e. The highest BCUT2D eigenvalue weighted by Crippen LogP contribution is 2.20. The summed E-state index contributed by atoms with van der Waals surface area (Å²) in [4.78, 5) is 21.0. The summed E-state index contributed by atoms with van der Waals surface area (Å²) in [6.45, 7) is -0.366. The number of carbonyl (C=O) groups is 2. The van der Waals surface area contributed by atoms with Gasteiger partial charge in [0, 0.05) is 17.5 Å². The van der Waals surface area contributed by atoms with Crippen molar-refractivity contribution in [2.75, 3.05) is 0 Å². The Balaban J connectivity index is 2.87. The molecule has 0 spiro atoms. The first kappa shape index (κ1) is 12.3. The third-order valence-electron chi connectivity index (χ3n) is 2.14. The summed E-state index contributed by atoms with van der Waals surface area (Å²) in [5.74, 6) is -1.77. The third kappa shape index (κ3) is 3.09. The van der Waals surface area contributed by atoms with Crippen molar-refractivity contribution in [2.24, 2.45) is 0 Å². The van der Waals surface area contributed by atoms with Gasteiger partial charge in [0.05, 0.1) is 12.7 Å². The highest BCUT2D eigenvalue weighted by molar-refractivity contribution is 5.71. The number of hydrogen-bond donors (Lipinski definition) is 3. The Hall–Kier alpha value is -1.82. The van der Waals surface area contributed by atoms with Crippen LogP contribution in [0.15, 0.2) is 10.7 Å². The number of hydrogen-bond acceptors (Lipinski definition) is 4. The van der Waals surface area contributed by atoms with E-state index in [4.69, 9.17) is 19.7 Å². The van der Waals surface area contributed by atoms with Crippen LogP contribution in [-0.4, -0.2) is 27.3 Å². The lowest BCUT2D eigenvalue weighted by molar-refractivity contribution is -0.137. The van der Waals surface area contributed by atoms with Gasteiger partial charge in [-0.2, -0.15) is 0 Å². The predicted molar refractivity (Wildman–Crippen MR) is 51.9 cm³/mol. The first-order chi connectivity index (χ1) is 7.54. The van der Waals surface area contributed by atoms with Crippen LogP contribution in [0.1, 0.15) is 23.3 Å². The average molecular weight is 228 g/mol. The van der Waals surface area contributed by atoms with E-state index < -0.39 is 11.9 Å². The third-order valence-corrected chi connectivity index (χ3v) is 2.14. The Morgan fingerprint density at radius 3 is 2.44 bits per heavy atom. The predicted octanol–water partition coefficient (Wildman–Crippen LogP) is 0.416. The molecule has 0 unspecified atom stereocenters. The number of rotatable bonds is 6. The van der Waals surface area contributed by atoms with Gasteiger partial charge in [-0.1, -0.05) is 0 Å². The van der Waals surface area contributed by atoms with Crippen LogP contribution in [-0.2, 0) is 29.0 Å². The van der Waals surface area contributed by atoms with Crippen molar-refractivity contribution < 1.29 is 29.3 Å². The highest BCUT2D eigenvalue weighted by Gasteiger charge is 2.16. The molecule has 1 aromatic heterocycles. The van der Waals surface area contributed by atoms with Gasteiger partial charge in [-0.15, -0.1) is 0 Å². The van der Waals surface area contributed by atoms with E-state index in [0.717, 1.165) is 0 Å². The lowest BCUT2D eigenvalue weighted by Gasteiger charge is -2.01. The number of aliphatic carboxylic acids is 2. The molecular formula is C10H12O6. The molecular weight excluding hydrogens is 216 g/mol. The average Bonchev–Trinajstić information content (AvgIpc) is 2.56. The molecule has 88 valence electrons. The summed E-state index contributed by atoms with van der Waals surface area (Å²) in [5.41, 5.74) is 0.894. The van der Waals surface area contributed by atoms with Crippen molar-refractivity contribution in [1.82, 2.24) is 0 Å². The van der Waals surface area contributed by atoms with Crippen molar-refractivity contribution in [3.05, 3.63) is 23.2 Å². The van der Waals surface area contributed by atoms with Crippen LogP contribution < -0.4 is 0 Å². The summed E-state index contributed by atoms with van der Waals surface area (Å²) in [6, 6.07) is 0. The standard InChI is InChI=1S/C10H12O6/c11-4-8-7(1-2-9(12)13)6(5-16-8)3-10(14)15/h5,11H,1-4H2,(H,12,13)(H,14,15). The molecule has 1 aromatic rings. The molecule has 0 saturated carbocycles. The maximum atomic E-state index is 10.5. The number of furan rings is 1. The van der Waals surface area contributed by atoms with Crippen molar-refractivity contribution in [3.8, 4) is 0 Å². The molecule has 1 heterocycles. The second kappa shape index (κ2) is 5.32. The molecule has 0 saturated heterocycles. The molecule has 6 heteroatoms. The van der Waals surface area contributed by atoms with Crippen LogP contribution in [0.5, 0.6) is 0 Å². The van der Waals surface area contributed by atoms with Crippen LogP contribution >= 0.6 is 0 Å². The van der Waals surface area contributed by atoms with E-state index >= 15 is 0 Å². The molecule has 0 aliphatic carbocycles. The molecule has 0 aliphatic rings. The van der Waals surface area contributed by atoms with E-state index in [1.165, 1.54) is 6.26 Å². The summed E-state index contributed by atoms with van der Waals surface area (Å²) in [5, 5.41) is 26.1. The van der Waals surface area contributed by atoms with Gasteiger partial charge in [0.2, 0.25) is 0 Å². The number of aliphatic hydroxyl groups is 1. The number of carboxylic acids is 2. The molecule has 0 atom stereocenters. The summed E-state index contributed by atoms with van der Waals surface area (Å²) in [7, 11) is 0. The maximum Gasteiger partial charge on any atom is 0.307 e. The van der Waals surface area contributed by atoms with Crippen LogP contribution in [0.4, 0.5) is 0 Å². The number of aliphatic hydroxyl groups excluding tert-OH is 1. The van der Waals surface area contributed by atoms with Gasteiger partial charge in [-0.05, 0) is 6.42 Å². The topological polar surface area (TPSA) is 108 Å². The summed E-state index contributed by atoms with van der Waals surface area (Å²) >= 11 is 0. The minimum atomic E-state index is -1.03. The zero-order chi connectivity index (χ0) is 12.1. The Morgan fingerprint density at radius 1 is 1.25 bits per heavy atom. The van der Waals surface area contributed by atoms with Crippen LogP contribution in [0, 0.1) is 0 Å². The zero-order valence-electron chi connectivity index (χ0n) is 8.47. The lowest BCUT2D eigenvalue weighted by atomic mass is 10.0. The molecule has 0 fully saturated rings. The van der Waals surface area contributed by atoms with Gasteiger partial charge in [0.1, 0.15) is 12.4 Å². The highest BCUT2D eigenvalue weighted by atomic mass is 16.4. The van der Waals surface area contributed by atoms with Gasteiger partial charge in [0.25, 0.3) is 0 Å². The first-order valence-electron chi connectivity index (χ1n) is 4.67. The Bertz CT molecular complexity index is 392. The molecule has 0 amide bonds. The van der Waals surface area contributed by atoms with Crippen LogP contribution in [0.25, 0.3) is 0 Å². The van der Waals surface area contributed by atoms with Gasteiger partial charge >= 0.3 is 11.9 Å². The van der Waals surface area contributed by atoms with Gasteiger partial charge in [0.15, 0.2) is 0 Å². The maximum absolute atomic E-state index is 10.5. The Labute approximate surface area is 91.1 Å². The van der Waals surface area contributed by atoms with E-state index in [2.05, 4.69) is 0 Å². The van der Waals surface area contributed by atoms with Crippen molar-refractivity contribution in [1.29, 1.82) is 0 Å². The second-order valence-corrected chi connectivity index (χ2v) is 3.29. The molecule has 6 nitrogen and oxygen atoms in total. The minimum Gasteiger partial charge on any atom is -0.481 e. The SMILES string of the molecule is O=C(O)CCc1c(CC(=O)O)coc1CO.